The van der Waals surface area contributed by atoms with E-state index in [4.69, 9.17) is 0 Å². The molecule has 0 radical (unpaired) electrons. The van der Waals surface area contributed by atoms with Crippen molar-refractivity contribution in [2.24, 2.45) is 5.92 Å². The third-order valence-corrected chi connectivity index (χ3v) is 2.59. The van der Waals surface area contributed by atoms with Gasteiger partial charge in [-0.05, 0) is 18.1 Å². The largest absolute Gasteiger partial charge is 0.299 e. The number of Topliss-reactive ketones (excluding diaryl/α,β-unsaturated/α-hetero) is 1. The zero-order valence-electron chi connectivity index (χ0n) is 9.29. The van der Waals surface area contributed by atoms with Crippen LogP contribution < -0.4 is 0 Å². The van der Waals surface area contributed by atoms with E-state index in [1.807, 2.05) is 13.8 Å². The molecule has 1 unspecified atom stereocenters. The lowest BCUT2D eigenvalue weighted by Crippen LogP contribution is -2.14. The molecule has 1 nitrogen and oxygen atoms in total. The molecule has 1 atom stereocenters. The van der Waals surface area contributed by atoms with Gasteiger partial charge in [0.1, 0.15) is 11.6 Å². The topological polar surface area (TPSA) is 17.1 Å². The third-order valence-electron chi connectivity index (χ3n) is 2.59. The van der Waals surface area contributed by atoms with E-state index in [1.165, 1.54) is 6.07 Å². The summed E-state index contributed by atoms with van der Waals surface area (Å²) in [5.74, 6) is -0.119. The molecule has 1 rings (SSSR count). The van der Waals surface area contributed by atoms with E-state index in [0.29, 0.717) is 5.56 Å². The molecule has 0 amide bonds. The number of ketones is 1. The fourth-order valence-corrected chi connectivity index (χ4v) is 1.60. The van der Waals surface area contributed by atoms with Gasteiger partial charge in [-0.15, -0.1) is 0 Å². The van der Waals surface area contributed by atoms with Gasteiger partial charge in [0.15, 0.2) is 0 Å². The smallest absolute Gasteiger partial charge is 0.140 e. The standard InChI is InChI=1S/C13H17FO/c1-3-6-10(2)13(15)9-11-7-4-5-8-12(11)14/h4-5,7-8,10H,3,6,9H2,1-2H3. The molecule has 0 aliphatic rings. The zero-order chi connectivity index (χ0) is 11.3. The fourth-order valence-electron chi connectivity index (χ4n) is 1.60. The molecule has 0 heterocycles. The van der Waals surface area contributed by atoms with Gasteiger partial charge in [-0.25, -0.2) is 4.39 Å². The van der Waals surface area contributed by atoms with E-state index < -0.39 is 0 Å². The van der Waals surface area contributed by atoms with E-state index in [-0.39, 0.29) is 23.9 Å². The van der Waals surface area contributed by atoms with Crippen molar-refractivity contribution in [1.29, 1.82) is 0 Å². The molecule has 82 valence electrons. The highest BCUT2D eigenvalue weighted by atomic mass is 19.1. The first-order valence-corrected chi connectivity index (χ1v) is 5.41. The second kappa shape index (κ2) is 5.64. The van der Waals surface area contributed by atoms with Gasteiger partial charge >= 0.3 is 0 Å². The van der Waals surface area contributed by atoms with Crippen molar-refractivity contribution in [1.82, 2.24) is 0 Å². The molecule has 1 aromatic carbocycles. The summed E-state index contributed by atoms with van der Waals surface area (Å²) in [4.78, 5) is 11.7. The first-order chi connectivity index (χ1) is 7.15. The third kappa shape index (κ3) is 3.46. The first kappa shape index (κ1) is 11.9. The predicted octanol–water partition coefficient (Wildman–Crippen LogP) is 3.37. The SMILES string of the molecule is CCCC(C)C(=O)Cc1ccccc1F. The Bertz CT molecular complexity index is 333. The maximum absolute atomic E-state index is 13.2. The maximum Gasteiger partial charge on any atom is 0.140 e. The number of carbonyl (C=O) groups is 1. The zero-order valence-corrected chi connectivity index (χ0v) is 9.29. The van der Waals surface area contributed by atoms with Crippen molar-refractivity contribution in [2.45, 2.75) is 33.1 Å². The van der Waals surface area contributed by atoms with Gasteiger partial charge in [0, 0.05) is 12.3 Å². The summed E-state index contributed by atoms with van der Waals surface area (Å²) >= 11 is 0. The Labute approximate surface area is 90.3 Å². The van der Waals surface area contributed by atoms with Crippen molar-refractivity contribution in [2.75, 3.05) is 0 Å². The van der Waals surface area contributed by atoms with Crippen LogP contribution in [0.25, 0.3) is 0 Å². The summed E-state index contributed by atoms with van der Waals surface area (Å²) < 4.78 is 13.2. The molecule has 1 aromatic rings. The second-order valence-electron chi connectivity index (χ2n) is 3.92. The van der Waals surface area contributed by atoms with Crippen LogP contribution in [0, 0.1) is 11.7 Å². The normalized spacial score (nSPS) is 12.5. The summed E-state index contributed by atoms with van der Waals surface area (Å²) in [5, 5.41) is 0. The number of carbonyl (C=O) groups excluding carboxylic acids is 1. The van der Waals surface area contributed by atoms with Crippen molar-refractivity contribution < 1.29 is 9.18 Å². The molecule has 2 heteroatoms. The summed E-state index contributed by atoms with van der Waals surface area (Å²) in [7, 11) is 0. The molecule has 0 aliphatic carbocycles. The van der Waals surface area contributed by atoms with Gasteiger partial charge < -0.3 is 0 Å². The molecule has 0 saturated carbocycles. The summed E-state index contributed by atoms with van der Waals surface area (Å²) in [6.07, 6.45) is 2.09. The van der Waals surface area contributed by atoms with Crippen LogP contribution in [-0.2, 0) is 11.2 Å². The number of halogens is 1. The van der Waals surface area contributed by atoms with Crippen LogP contribution in [0.4, 0.5) is 4.39 Å². The molecular weight excluding hydrogens is 191 g/mol. The lowest BCUT2D eigenvalue weighted by Gasteiger charge is -2.09. The van der Waals surface area contributed by atoms with Crippen molar-refractivity contribution in [3.8, 4) is 0 Å². The maximum atomic E-state index is 13.2. The lowest BCUT2D eigenvalue weighted by atomic mass is 9.95. The van der Waals surface area contributed by atoms with E-state index >= 15 is 0 Å². The Hall–Kier alpha value is -1.18. The Morgan fingerprint density at radius 3 is 2.67 bits per heavy atom. The molecule has 0 saturated heterocycles. The summed E-state index contributed by atoms with van der Waals surface area (Å²) in [6, 6.07) is 6.47. The van der Waals surface area contributed by atoms with Crippen LogP contribution in [0.3, 0.4) is 0 Å². The van der Waals surface area contributed by atoms with Gasteiger partial charge in [-0.3, -0.25) is 4.79 Å². The van der Waals surface area contributed by atoms with Crippen LogP contribution in [0.15, 0.2) is 24.3 Å². The van der Waals surface area contributed by atoms with Crippen LogP contribution in [0.5, 0.6) is 0 Å². The number of hydrogen-bond donors (Lipinski definition) is 0. The van der Waals surface area contributed by atoms with Crippen LogP contribution in [0.1, 0.15) is 32.3 Å². The Kier molecular flexibility index (Phi) is 4.47. The average molecular weight is 208 g/mol. The molecule has 0 spiro atoms. The monoisotopic (exact) mass is 208 g/mol. The molecule has 0 aliphatic heterocycles. The highest BCUT2D eigenvalue weighted by molar-refractivity contribution is 5.82. The molecule has 0 fully saturated rings. The highest BCUT2D eigenvalue weighted by Gasteiger charge is 2.13. The quantitative estimate of drug-likeness (QED) is 0.725. The minimum Gasteiger partial charge on any atom is -0.299 e. The van der Waals surface area contributed by atoms with Crippen LogP contribution in [-0.4, -0.2) is 5.78 Å². The Morgan fingerprint density at radius 1 is 1.40 bits per heavy atom. The Morgan fingerprint density at radius 2 is 2.07 bits per heavy atom. The molecule has 15 heavy (non-hydrogen) atoms. The van der Waals surface area contributed by atoms with Gasteiger partial charge in [-0.2, -0.15) is 0 Å². The van der Waals surface area contributed by atoms with E-state index in [9.17, 15) is 9.18 Å². The lowest BCUT2D eigenvalue weighted by molar-refractivity contribution is -0.121. The van der Waals surface area contributed by atoms with Crippen molar-refractivity contribution in [3.63, 3.8) is 0 Å². The first-order valence-electron chi connectivity index (χ1n) is 5.41. The van der Waals surface area contributed by atoms with Gasteiger partial charge in [0.05, 0.1) is 0 Å². The molecule has 0 N–H and O–H groups in total. The van der Waals surface area contributed by atoms with E-state index in [2.05, 4.69) is 0 Å². The van der Waals surface area contributed by atoms with Crippen LogP contribution >= 0.6 is 0 Å². The number of rotatable bonds is 5. The minimum absolute atomic E-state index is 0.0367. The van der Waals surface area contributed by atoms with Crippen molar-refractivity contribution in [3.05, 3.63) is 35.6 Å². The van der Waals surface area contributed by atoms with Crippen molar-refractivity contribution >= 4 is 5.78 Å². The highest BCUT2D eigenvalue weighted by Crippen LogP contribution is 2.13. The molecular formula is C13H17FO. The summed E-state index contributed by atoms with van der Waals surface area (Å²) in [6.45, 7) is 3.96. The van der Waals surface area contributed by atoms with Gasteiger partial charge in [-0.1, -0.05) is 38.5 Å². The van der Waals surface area contributed by atoms with E-state index in [1.54, 1.807) is 18.2 Å². The summed E-state index contributed by atoms with van der Waals surface area (Å²) in [5.41, 5.74) is 0.505. The second-order valence-corrected chi connectivity index (χ2v) is 3.92. The average Bonchev–Trinajstić information content (AvgIpc) is 2.21. The van der Waals surface area contributed by atoms with Gasteiger partial charge in [0.25, 0.3) is 0 Å². The molecule has 0 aromatic heterocycles. The number of benzene rings is 1. The molecule has 0 bridgehead atoms. The predicted molar refractivity (Wildman–Crippen MR) is 59.2 cm³/mol. The minimum atomic E-state index is -0.283. The fraction of sp³-hybridized carbons (Fsp3) is 0.462. The Balaban J connectivity index is 2.62. The number of hydrogen-bond acceptors (Lipinski definition) is 1. The van der Waals surface area contributed by atoms with E-state index in [0.717, 1.165) is 12.8 Å². The van der Waals surface area contributed by atoms with Crippen LogP contribution in [0.2, 0.25) is 0 Å². The van der Waals surface area contributed by atoms with Gasteiger partial charge in [0.2, 0.25) is 0 Å².